The lowest BCUT2D eigenvalue weighted by molar-refractivity contribution is -0.418. The van der Waals surface area contributed by atoms with Crippen LogP contribution in [0.15, 0.2) is 0 Å². The molecule has 0 bridgehead atoms. The number of rotatable bonds is 5. The van der Waals surface area contributed by atoms with E-state index in [1.807, 2.05) is 0 Å². The molecule has 1 atom stereocenters. The zero-order valence-corrected chi connectivity index (χ0v) is 11.2. The molecule has 0 radical (unpaired) electrons. The number of Topliss-reactive ketones (excluding diaryl/α,β-unsaturated/α-hetero) is 1. The van der Waals surface area contributed by atoms with Crippen LogP contribution in [-0.2, 0) is 4.79 Å². The van der Waals surface area contributed by atoms with Gasteiger partial charge in [-0.1, -0.05) is 6.92 Å². The Balaban J connectivity index is 7.02. The first-order chi connectivity index (χ1) is 10.2. The third-order valence-electron chi connectivity index (χ3n) is 2.91. The standard InChI is InChI=1S/C10H7F13O/c1-2-3-4(24)5(11,7(13,14)10(21,22)23)6(12,8(15,16)17)9(18,19)20/h2-3H2,1H3. The number of hydrogen-bond acceptors (Lipinski definition) is 1. The predicted molar refractivity (Wildman–Crippen MR) is 50.7 cm³/mol. The maximum absolute atomic E-state index is 14.1. The molecule has 0 amide bonds. The van der Waals surface area contributed by atoms with Gasteiger partial charge in [-0.25, -0.2) is 8.78 Å². The Bertz CT molecular complexity index is 457. The normalized spacial score (nSPS) is 17.6. The first-order valence-corrected chi connectivity index (χ1v) is 5.72. The molecule has 1 unspecified atom stereocenters. The molecule has 14 heteroatoms. The van der Waals surface area contributed by atoms with E-state index in [1.54, 1.807) is 0 Å². The molecule has 0 aliphatic heterocycles. The minimum Gasteiger partial charge on any atom is -0.296 e. The van der Waals surface area contributed by atoms with E-state index in [0.717, 1.165) is 6.92 Å². The van der Waals surface area contributed by atoms with Gasteiger partial charge in [0.1, 0.15) is 0 Å². The maximum Gasteiger partial charge on any atom is 0.457 e. The van der Waals surface area contributed by atoms with Crippen molar-refractivity contribution in [2.24, 2.45) is 0 Å². The Morgan fingerprint density at radius 1 is 0.667 bits per heavy atom. The molecular weight excluding hydrogens is 383 g/mol. The van der Waals surface area contributed by atoms with E-state index >= 15 is 0 Å². The van der Waals surface area contributed by atoms with Crippen molar-refractivity contribution < 1.29 is 61.9 Å². The van der Waals surface area contributed by atoms with Crippen LogP contribution in [0.5, 0.6) is 0 Å². The summed E-state index contributed by atoms with van der Waals surface area (Å²) >= 11 is 0. The summed E-state index contributed by atoms with van der Waals surface area (Å²) in [4.78, 5) is 11.1. The highest BCUT2D eigenvalue weighted by Gasteiger charge is 2.94. The van der Waals surface area contributed by atoms with Crippen molar-refractivity contribution in [3.05, 3.63) is 0 Å². The van der Waals surface area contributed by atoms with Crippen LogP contribution in [0.1, 0.15) is 19.8 Å². The van der Waals surface area contributed by atoms with Gasteiger partial charge in [0, 0.05) is 6.42 Å². The van der Waals surface area contributed by atoms with E-state index in [9.17, 15) is 61.9 Å². The number of carbonyl (C=O) groups is 1. The van der Waals surface area contributed by atoms with Crippen molar-refractivity contribution in [1.29, 1.82) is 0 Å². The number of hydrogen-bond donors (Lipinski definition) is 0. The molecule has 0 aromatic heterocycles. The van der Waals surface area contributed by atoms with Crippen LogP contribution in [-0.4, -0.2) is 41.6 Å². The van der Waals surface area contributed by atoms with Gasteiger partial charge in [-0.2, -0.15) is 48.3 Å². The average molecular weight is 390 g/mol. The summed E-state index contributed by atoms with van der Waals surface area (Å²) in [7, 11) is 0. The van der Waals surface area contributed by atoms with E-state index in [1.165, 1.54) is 0 Å². The fourth-order valence-electron chi connectivity index (χ4n) is 1.73. The van der Waals surface area contributed by atoms with Crippen molar-refractivity contribution in [2.45, 2.75) is 55.6 Å². The quantitative estimate of drug-likeness (QED) is 0.598. The van der Waals surface area contributed by atoms with Crippen LogP contribution in [0.2, 0.25) is 0 Å². The van der Waals surface area contributed by atoms with Crippen molar-refractivity contribution in [3.8, 4) is 0 Å². The molecule has 0 fully saturated rings. The van der Waals surface area contributed by atoms with Gasteiger partial charge >= 0.3 is 30.1 Å². The summed E-state index contributed by atoms with van der Waals surface area (Å²) in [6.45, 7) is 0.741. The van der Waals surface area contributed by atoms with E-state index in [0.29, 0.717) is 0 Å². The molecule has 0 aliphatic rings. The minimum atomic E-state index is -7.79. The Labute approximate surface area is 124 Å². The van der Waals surface area contributed by atoms with Crippen molar-refractivity contribution in [2.75, 3.05) is 0 Å². The van der Waals surface area contributed by atoms with Gasteiger partial charge in [-0.15, -0.1) is 0 Å². The van der Waals surface area contributed by atoms with Gasteiger partial charge in [-0.05, 0) is 6.42 Å². The summed E-state index contributed by atoms with van der Waals surface area (Å²) in [6, 6.07) is 0. The van der Waals surface area contributed by atoms with Gasteiger partial charge in [0.25, 0.3) is 5.67 Å². The highest BCUT2D eigenvalue weighted by atomic mass is 19.4. The van der Waals surface area contributed by atoms with Gasteiger partial charge in [-0.3, -0.25) is 4.79 Å². The fourth-order valence-corrected chi connectivity index (χ4v) is 1.73. The first kappa shape index (κ1) is 22.8. The molecule has 0 heterocycles. The summed E-state index contributed by atoms with van der Waals surface area (Å²) in [6.07, 6.45) is -25.6. The molecular formula is C10H7F13O. The molecule has 144 valence electrons. The second-order valence-corrected chi connectivity index (χ2v) is 4.56. The summed E-state index contributed by atoms with van der Waals surface area (Å²) in [5, 5.41) is 0. The first-order valence-electron chi connectivity index (χ1n) is 5.72. The SMILES string of the molecule is CCCC(=O)C(F)(C(F)(F)C(F)(F)F)C(F)(C(F)(F)F)C(F)(F)F. The average Bonchev–Trinajstić information content (AvgIpc) is 2.32. The Morgan fingerprint density at radius 3 is 1.21 bits per heavy atom. The van der Waals surface area contributed by atoms with Crippen molar-refractivity contribution in [3.63, 3.8) is 0 Å². The van der Waals surface area contributed by atoms with Gasteiger partial charge in [0.2, 0.25) is 0 Å². The van der Waals surface area contributed by atoms with Crippen LogP contribution in [0.3, 0.4) is 0 Å². The third kappa shape index (κ3) is 2.91. The Hall–Kier alpha value is -1.24. The maximum atomic E-state index is 14.1. The van der Waals surface area contributed by atoms with Gasteiger partial charge in [0.05, 0.1) is 0 Å². The molecule has 0 N–H and O–H groups in total. The van der Waals surface area contributed by atoms with Crippen LogP contribution >= 0.6 is 0 Å². The zero-order valence-electron chi connectivity index (χ0n) is 11.2. The number of alkyl halides is 13. The summed E-state index contributed by atoms with van der Waals surface area (Å²) in [5.74, 6) is -11.1. The predicted octanol–water partition coefficient (Wildman–Crippen LogP) is 5.09. The molecule has 24 heavy (non-hydrogen) atoms. The fraction of sp³-hybridized carbons (Fsp3) is 0.900. The van der Waals surface area contributed by atoms with Crippen LogP contribution in [0.4, 0.5) is 57.1 Å². The monoisotopic (exact) mass is 390 g/mol. The van der Waals surface area contributed by atoms with E-state index in [4.69, 9.17) is 0 Å². The number of carbonyl (C=O) groups excluding carboxylic acids is 1. The Morgan fingerprint density at radius 2 is 1.00 bits per heavy atom. The highest BCUT2D eigenvalue weighted by Crippen LogP contribution is 2.62. The molecule has 0 rings (SSSR count). The van der Waals surface area contributed by atoms with Crippen molar-refractivity contribution in [1.82, 2.24) is 0 Å². The van der Waals surface area contributed by atoms with E-state index in [2.05, 4.69) is 0 Å². The van der Waals surface area contributed by atoms with Crippen LogP contribution in [0.25, 0.3) is 0 Å². The lowest BCUT2D eigenvalue weighted by Gasteiger charge is -2.43. The van der Waals surface area contributed by atoms with Crippen LogP contribution in [0, 0.1) is 0 Å². The van der Waals surface area contributed by atoms with Crippen LogP contribution < -0.4 is 0 Å². The van der Waals surface area contributed by atoms with Crippen molar-refractivity contribution >= 4 is 5.78 Å². The summed E-state index contributed by atoms with van der Waals surface area (Å²) < 4.78 is 165. The lowest BCUT2D eigenvalue weighted by Crippen LogP contribution is -2.77. The lowest BCUT2D eigenvalue weighted by atomic mass is 9.75. The smallest absolute Gasteiger partial charge is 0.296 e. The topological polar surface area (TPSA) is 17.1 Å². The Kier molecular flexibility index (Phi) is 5.63. The molecule has 1 nitrogen and oxygen atoms in total. The van der Waals surface area contributed by atoms with Gasteiger partial charge < -0.3 is 0 Å². The molecule has 0 spiro atoms. The second-order valence-electron chi connectivity index (χ2n) is 4.56. The molecule has 0 saturated heterocycles. The minimum absolute atomic E-state index is 0.741. The van der Waals surface area contributed by atoms with Gasteiger partial charge in [0.15, 0.2) is 5.78 Å². The molecule has 0 saturated carbocycles. The molecule has 0 aliphatic carbocycles. The number of halogens is 13. The summed E-state index contributed by atoms with van der Waals surface area (Å²) in [5.41, 5.74) is -15.1. The highest BCUT2D eigenvalue weighted by molar-refractivity contribution is 5.90. The third-order valence-corrected chi connectivity index (χ3v) is 2.91. The molecule has 0 aromatic rings. The molecule has 0 aromatic carbocycles. The van der Waals surface area contributed by atoms with E-state index < -0.39 is 54.4 Å². The largest absolute Gasteiger partial charge is 0.457 e. The second kappa shape index (κ2) is 5.93. The van der Waals surface area contributed by atoms with E-state index in [-0.39, 0.29) is 0 Å². The number of ketones is 1. The zero-order chi connectivity index (χ0) is 20.0.